The zero-order valence-electron chi connectivity index (χ0n) is 20.9. The van der Waals surface area contributed by atoms with Crippen LogP contribution in [-0.4, -0.2) is 63.5 Å². The van der Waals surface area contributed by atoms with Gasteiger partial charge in [-0.05, 0) is 61.0 Å². The summed E-state index contributed by atoms with van der Waals surface area (Å²) in [5.41, 5.74) is 1.90. The number of methoxy groups -OCH3 is 1. The van der Waals surface area contributed by atoms with Gasteiger partial charge in [-0.2, -0.15) is 4.31 Å². The highest BCUT2D eigenvalue weighted by Crippen LogP contribution is 2.34. The monoisotopic (exact) mass is 546 g/mol. The zero-order chi connectivity index (χ0) is 26.4. The van der Waals surface area contributed by atoms with Crippen LogP contribution >= 0.6 is 11.3 Å². The summed E-state index contributed by atoms with van der Waals surface area (Å²) in [6.07, 6.45) is 1.12. The van der Waals surface area contributed by atoms with Crippen LogP contribution in [0, 0.1) is 12.7 Å². The van der Waals surface area contributed by atoms with E-state index in [0.29, 0.717) is 26.0 Å². The fraction of sp³-hybridized carbons (Fsp3) is 0.370. The fourth-order valence-electron chi connectivity index (χ4n) is 4.38. The molecule has 37 heavy (non-hydrogen) atoms. The molecule has 0 saturated carbocycles. The number of hydrogen-bond acceptors (Lipinski definition) is 6. The van der Waals surface area contributed by atoms with E-state index in [4.69, 9.17) is 9.47 Å². The minimum absolute atomic E-state index is 0.0603. The third kappa shape index (κ3) is 6.38. The molecule has 3 aromatic rings. The largest absolute Gasteiger partial charge is 0.488 e. The molecule has 10 heteroatoms. The molecule has 0 N–H and O–H groups in total. The summed E-state index contributed by atoms with van der Waals surface area (Å²) >= 11 is 1.61. The Morgan fingerprint density at radius 2 is 1.92 bits per heavy atom. The first-order valence-corrected chi connectivity index (χ1v) is 14.4. The number of ether oxygens (including phenoxy) is 2. The van der Waals surface area contributed by atoms with Gasteiger partial charge in [0.15, 0.2) is 11.6 Å². The van der Waals surface area contributed by atoms with Crippen molar-refractivity contribution in [3.8, 4) is 5.75 Å². The van der Waals surface area contributed by atoms with Crippen molar-refractivity contribution in [2.75, 3.05) is 40.0 Å². The molecule has 1 aromatic heterocycles. The van der Waals surface area contributed by atoms with E-state index >= 15 is 0 Å². The summed E-state index contributed by atoms with van der Waals surface area (Å²) in [5.74, 6) is -0.692. The molecule has 0 radical (unpaired) electrons. The number of nitrogens with zero attached hydrogens (tertiary/aromatic N) is 2. The third-order valence-corrected chi connectivity index (χ3v) is 9.23. The Balaban J connectivity index is 1.57. The molecule has 198 valence electrons. The van der Waals surface area contributed by atoms with Crippen molar-refractivity contribution in [2.24, 2.45) is 0 Å². The Kier molecular flexibility index (Phi) is 8.96. The van der Waals surface area contributed by atoms with Gasteiger partial charge in [0, 0.05) is 31.7 Å². The molecule has 1 aliphatic rings. The molecule has 0 aliphatic carbocycles. The van der Waals surface area contributed by atoms with Crippen LogP contribution in [-0.2, 0) is 26.0 Å². The number of aryl methyl sites for hydroxylation is 1. The fourth-order valence-corrected chi connectivity index (χ4v) is 6.73. The number of benzene rings is 2. The second-order valence-corrected chi connectivity index (χ2v) is 11.8. The average molecular weight is 547 g/mol. The van der Waals surface area contributed by atoms with Crippen LogP contribution < -0.4 is 4.74 Å². The van der Waals surface area contributed by atoms with Gasteiger partial charge in [-0.1, -0.05) is 29.8 Å². The Morgan fingerprint density at radius 1 is 1.16 bits per heavy atom. The third-order valence-electron chi connectivity index (χ3n) is 6.37. The predicted molar refractivity (Wildman–Crippen MR) is 141 cm³/mol. The van der Waals surface area contributed by atoms with E-state index in [1.54, 1.807) is 65.8 Å². The van der Waals surface area contributed by atoms with Crippen LogP contribution in [0.5, 0.6) is 5.75 Å². The minimum atomic E-state index is -3.91. The van der Waals surface area contributed by atoms with Gasteiger partial charge in [-0.15, -0.1) is 11.3 Å². The SMILES string of the molecule is COCCCN(CC(=O)N1CCc2sccc2C1COc1ccccc1F)S(=O)(=O)c1ccc(C)cc1. The maximum Gasteiger partial charge on any atom is 0.243 e. The number of halogens is 1. The lowest BCUT2D eigenvalue weighted by Gasteiger charge is -2.37. The van der Waals surface area contributed by atoms with E-state index in [0.717, 1.165) is 16.0 Å². The van der Waals surface area contributed by atoms with Crippen molar-refractivity contribution < 1.29 is 27.1 Å². The molecule has 0 saturated heterocycles. The second kappa shape index (κ2) is 12.2. The van der Waals surface area contributed by atoms with Crippen molar-refractivity contribution in [3.05, 3.63) is 81.8 Å². The van der Waals surface area contributed by atoms with Crippen molar-refractivity contribution in [1.82, 2.24) is 9.21 Å². The molecule has 2 aromatic carbocycles. The summed E-state index contributed by atoms with van der Waals surface area (Å²) in [6.45, 7) is 2.57. The van der Waals surface area contributed by atoms with Crippen LogP contribution in [0.3, 0.4) is 0 Å². The van der Waals surface area contributed by atoms with Crippen LogP contribution in [0.2, 0.25) is 0 Å². The number of hydrogen-bond donors (Lipinski definition) is 0. The van der Waals surface area contributed by atoms with Crippen molar-refractivity contribution in [1.29, 1.82) is 0 Å². The van der Waals surface area contributed by atoms with Crippen LogP contribution in [0.1, 0.15) is 28.5 Å². The first-order chi connectivity index (χ1) is 17.8. The molecule has 7 nitrogen and oxygen atoms in total. The van der Waals surface area contributed by atoms with E-state index < -0.39 is 21.9 Å². The molecule has 0 fully saturated rings. The van der Waals surface area contributed by atoms with Gasteiger partial charge in [0.1, 0.15) is 6.61 Å². The standard InChI is InChI=1S/C27H31FN2O5S2/c1-20-8-10-21(11-9-20)37(32,33)29(14-5-16-34-2)18-27(31)30-15-12-26-22(13-17-36-26)24(30)19-35-25-7-4-3-6-23(25)28/h3-4,6-11,13,17,24H,5,12,14-16,18-19H2,1-2H3. The van der Waals surface area contributed by atoms with Gasteiger partial charge in [-0.25, -0.2) is 12.8 Å². The highest BCUT2D eigenvalue weighted by molar-refractivity contribution is 7.89. The number of para-hydroxylation sites is 1. The molecule has 1 amide bonds. The summed E-state index contributed by atoms with van der Waals surface area (Å²) < 4.78 is 53.3. The number of sulfonamides is 1. The summed E-state index contributed by atoms with van der Waals surface area (Å²) in [6, 6.07) is 14.2. The van der Waals surface area contributed by atoms with Crippen LogP contribution in [0.15, 0.2) is 64.9 Å². The lowest BCUT2D eigenvalue weighted by atomic mass is 10.0. The highest BCUT2D eigenvalue weighted by Gasteiger charge is 2.35. The normalized spacial score (nSPS) is 15.6. The lowest BCUT2D eigenvalue weighted by molar-refractivity contribution is -0.135. The molecular weight excluding hydrogens is 515 g/mol. The number of carbonyl (C=O) groups excluding carboxylic acids is 1. The van der Waals surface area contributed by atoms with Gasteiger partial charge in [0.25, 0.3) is 0 Å². The number of rotatable bonds is 11. The van der Waals surface area contributed by atoms with Gasteiger partial charge in [0.2, 0.25) is 15.9 Å². The van der Waals surface area contributed by atoms with Gasteiger partial charge in [0.05, 0.1) is 17.5 Å². The maximum atomic E-state index is 14.2. The molecule has 1 atom stereocenters. The molecule has 0 bridgehead atoms. The molecule has 2 heterocycles. The number of amides is 1. The smallest absolute Gasteiger partial charge is 0.243 e. The molecule has 0 spiro atoms. The Labute approximate surface area is 221 Å². The minimum Gasteiger partial charge on any atom is -0.488 e. The summed E-state index contributed by atoms with van der Waals surface area (Å²) in [4.78, 5) is 16.6. The Morgan fingerprint density at radius 3 is 2.65 bits per heavy atom. The predicted octanol–water partition coefficient (Wildman–Crippen LogP) is 4.43. The first kappa shape index (κ1) is 27.3. The van der Waals surface area contributed by atoms with Gasteiger partial charge < -0.3 is 14.4 Å². The Hall–Kier alpha value is -2.79. The van der Waals surface area contributed by atoms with E-state index in [1.807, 2.05) is 18.4 Å². The van der Waals surface area contributed by atoms with Crippen molar-refractivity contribution >= 4 is 27.3 Å². The van der Waals surface area contributed by atoms with Gasteiger partial charge >= 0.3 is 0 Å². The van der Waals surface area contributed by atoms with Crippen LogP contribution in [0.4, 0.5) is 4.39 Å². The molecule has 1 unspecified atom stereocenters. The summed E-state index contributed by atoms with van der Waals surface area (Å²) in [7, 11) is -2.36. The lowest BCUT2D eigenvalue weighted by Crippen LogP contribution is -2.48. The molecule has 4 rings (SSSR count). The van der Waals surface area contributed by atoms with E-state index in [1.165, 1.54) is 10.4 Å². The maximum absolute atomic E-state index is 14.2. The van der Waals surface area contributed by atoms with E-state index in [2.05, 4.69) is 0 Å². The molecule has 1 aliphatic heterocycles. The second-order valence-electron chi connectivity index (χ2n) is 8.89. The number of thiophene rings is 1. The highest BCUT2D eigenvalue weighted by atomic mass is 32.2. The van der Waals surface area contributed by atoms with Crippen molar-refractivity contribution in [2.45, 2.75) is 30.7 Å². The number of fused-ring (bicyclic) bond motifs is 1. The Bertz CT molecular complexity index is 1310. The number of carbonyl (C=O) groups is 1. The van der Waals surface area contributed by atoms with Crippen molar-refractivity contribution in [3.63, 3.8) is 0 Å². The quantitative estimate of drug-likeness (QED) is 0.333. The summed E-state index contributed by atoms with van der Waals surface area (Å²) in [5, 5.41) is 1.97. The first-order valence-electron chi connectivity index (χ1n) is 12.1. The van der Waals surface area contributed by atoms with Gasteiger partial charge in [-0.3, -0.25) is 4.79 Å². The zero-order valence-corrected chi connectivity index (χ0v) is 22.6. The topological polar surface area (TPSA) is 76.2 Å². The average Bonchev–Trinajstić information content (AvgIpc) is 3.37. The van der Waals surface area contributed by atoms with E-state index in [9.17, 15) is 17.6 Å². The molecular formula is C27H31FN2O5S2. The van der Waals surface area contributed by atoms with E-state index in [-0.39, 0.29) is 36.2 Å². The van der Waals surface area contributed by atoms with Crippen LogP contribution in [0.25, 0.3) is 0 Å².